The normalized spacial score (nSPS) is 11.9. The van der Waals surface area contributed by atoms with E-state index in [2.05, 4.69) is 10.3 Å². The van der Waals surface area contributed by atoms with Gasteiger partial charge in [0.2, 0.25) is 0 Å². The van der Waals surface area contributed by atoms with Gasteiger partial charge in [0.05, 0.1) is 12.2 Å². The van der Waals surface area contributed by atoms with Crippen LogP contribution in [0.5, 0.6) is 5.75 Å². The first-order valence-corrected chi connectivity index (χ1v) is 7.55. The number of hydrogen-bond donors (Lipinski definition) is 1. The van der Waals surface area contributed by atoms with Gasteiger partial charge in [0.15, 0.2) is 6.10 Å². The smallest absolute Gasteiger partial charge is 0.261 e. The predicted octanol–water partition coefficient (Wildman–Crippen LogP) is 3.32. The number of carbonyl (C=O) groups excluding carboxylic acids is 1. The molecule has 1 aromatic heterocycles. The van der Waals surface area contributed by atoms with Crippen molar-refractivity contribution in [2.75, 3.05) is 0 Å². The molecule has 1 amide bonds. The van der Waals surface area contributed by atoms with E-state index in [9.17, 15) is 4.79 Å². The van der Waals surface area contributed by atoms with Crippen LogP contribution in [0.3, 0.4) is 0 Å². The highest BCUT2D eigenvalue weighted by Crippen LogP contribution is 2.21. The number of rotatable bonds is 5. The number of benzene rings is 2. The van der Waals surface area contributed by atoms with Crippen molar-refractivity contribution in [2.45, 2.75) is 19.6 Å². The molecule has 3 rings (SSSR count). The average Bonchev–Trinajstić information content (AvgIpc) is 2.60. The molecule has 1 N–H and O–H groups in total. The SMILES string of the molecule is C[C@@H](Oc1ccc2ccccc2c1)C(=O)NCc1ccccn1. The van der Waals surface area contributed by atoms with Gasteiger partial charge in [-0.05, 0) is 42.0 Å². The van der Waals surface area contributed by atoms with E-state index >= 15 is 0 Å². The minimum absolute atomic E-state index is 0.163. The van der Waals surface area contributed by atoms with Crippen molar-refractivity contribution >= 4 is 16.7 Å². The molecule has 2 aromatic carbocycles. The Morgan fingerprint density at radius 2 is 1.87 bits per heavy atom. The molecule has 116 valence electrons. The van der Waals surface area contributed by atoms with Crippen LogP contribution in [0.25, 0.3) is 10.8 Å². The molecular formula is C19H18N2O2. The lowest BCUT2D eigenvalue weighted by atomic mass is 10.1. The van der Waals surface area contributed by atoms with Crippen molar-refractivity contribution < 1.29 is 9.53 Å². The molecular weight excluding hydrogens is 288 g/mol. The van der Waals surface area contributed by atoms with Gasteiger partial charge in [0.1, 0.15) is 5.75 Å². The monoisotopic (exact) mass is 306 g/mol. The standard InChI is InChI=1S/C19H18N2O2/c1-14(19(22)21-13-17-8-4-5-11-20-17)23-18-10-9-15-6-2-3-7-16(15)12-18/h2-12,14H,13H2,1H3,(H,21,22)/t14-/m1/s1. The second-order valence-electron chi connectivity index (χ2n) is 5.31. The van der Waals surface area contributed by atoms with Crippen LogP contribution in [-0.4, -0.2) is 17.0 Å². The van der Waals surface area contributed by atoms with Crippen LogP contribution in [0.1, 0.15) is 12.6 Å². The second-order valence-corrected chi connectivity index (χ2v) is 5.31. The Labute approximate surface area is 135 Å². The van der Waals surface area contributed by atoms with Crippen molar-refractivity contribution in [3.05, 3.63) is 72.6 Å². The van der Waals surface area contributed by atoms with Crippen LogP contribution in [0.4, 0.5) is 0 Å². The molecule has 0 aliphatic rings. The van der Waals surface area contributed by atoms with Crippen LogP contribution in [0.2, 0.25) is 0 Å². The Kier molecular flexibility index (Phi) is 4.52. The minimum Gasteiger partial charge on any atom is -0.481 e. The van der Waals surface area contributed by atoms with E-state index < -0.39 is 6.10 Å². The molecule has 0 spiro atoms. The third-order valence-corrected chi connectivity index (χ3v) is 3.57. The zero-order chi connectivity index (χ0) is 16.1. The van der Waals surface area contributed by atoms with Crippen LogP contribution in [0.15, 0.2) is 66.9 Å². The molecule has 0 bridgehead atoms. The quantitative estimate of drug-likeness (QED) is 0.786. The highest BCUT2D eigenvalue weighted by atomic mass is 16.5. The lowest BCUT2D eigenvalue weighted by Crippen LogP contribution is -2.36. The first kappa shape index (κ1) is 15.0. The zero-order valence-corrected chi connectivity index (χ0v) is 12.9. The van der Waals surface area contributed by atoms with Gasteiger partial charge in [-0.2, -0.15) is 0 Å². The molecule has 4 nitrogen and oxygen atoms in total. The van der Waals surface area contributed by atoms with Crippen molar-refractivity contribution in [3.63, 3.8) is 0 Å². The molecule has 0 aliphatic carbocycles. The fourth-order valence-electron chi connectivity index (χ4n) is 2.32. The number of fused-ring (bicyclic) bond motifs is 1. The van der Waals surface area contributed by atoms with Gasteiger partial charge in [0.25, 0.3) is 5.91 Å². The number of nitrogens with one attached hydrogen (secondary N) is 1. The van der Waals surface area contributed by atoms with Crippen molar-refractivity contribution in [3.8, 4) is 5.75 Å². The summed E-state index contributed by atoms with van der Waals surface area (Å²) >= 11 is 0. The minimum atomic E-state index is -0.570. The van der Waals surface area contributed by atoms with Gasteiger partial charge in [-0.15, -0.1) is 0 Å². The van der Waals surface area contributed by atoms with Gasteiger partial charge in [-0.25, -0.2) is 0 Å². The summed E-state index contributed by atoms with van der Waals surface area (Å²) in [5.74, 6) is 0.521. The van der Waals surface area contributed by atoms with Crippen molar-refractivity contribution in [1.29, 1.82) is 0 Å². The van der Waals surface area contributed by atoms with Crippen molar-refractivity contribution in [2.24, 2.45) is 0 Å². The number of ether oxygens (including phenoxy) is 1. The number of pyridine rings is 1. The highest BCUT2D eigenvalue weighted by molar-refractivity contribution is 5.84. The number of aromatic nitrogens is 1. The highest BCUT2D eigenvalue weighted by Gasteiger charge is 2.14. The lowest BCUT2D eigenvalue weighted by Gasteiger charge is -2.15. The molecule has 0 radical (unpaired) electrons. The summed E-state index contributed by atoms with van der Waals surface area (Å²) in [6.45, 7) is 2.13. The Balaban J connectivity index is 1.60. The Morgan fingerprint density at radius 3 is 2.65 bits per heavy atom. The third kappa shape index (κ3) is 3.86. The Hall–Kier alpha value is -2.88. The first-order valence-electron chi connectivity index (χ1n) is 7.55. The largest absolute Gasteiger partial charge is 0.481 e. The van der Waals surface area contributed by atoms with E-state index in [4.69, 9.17) is 4.74 Å². The number of amides is 1. The maximum absolute atomic E-state index is 12.1. The fraction of sp³-hybridized carbons (Fsp3) is 0.158. The summed E-state index contributed by atoms with van der Waals surface area (Å²) in [5.41, 5.74) is 0.818. The van der Waals surface area contributed by atoms with Crippen LogP contribution in [-0.2, 0) is 11.3 Å². The molecule has 1 atom stereocenters. The number of carbonyl (C=O) groups is 1. The van der Waals surface area contributed by atoms with Gasteiger partial charge in [-0.1, -0.05) is 36.4 Å². The van der Waals surface area contributed by atoms with Crippen LogP contribution >= 0.6 is 0 Å². The first-order chi connectivity index (χ1) is 11.2. The van der Waals surface area contributed by atoms with E-state index in [1.807, 2.05) is 60.7 Å². The van der Waals surface area contributed by atoms with E-state index in [1.165, 1.54) is 0 Å². The molecule has 0 saturated heterocycles. The van der Waals surface area contributed by atoms with Gasteiger partial charge < -0.3 is 10.1 Å². The number of nitrogens with zero attached hydrogens (tertiary/aromatic N) is 1. The Bertz CT molecular complexity index is 803. The van der Waals surface area contributed by atoms with Crippen molar-refractivity contribution in [1.82, 2.24) is 10.3 Å². The summed E-state index contributed by atoms with van der Waals surface area (Å²) in [6, 6.07) is 19.5. The zero-order valence-electron chi connectivity index (χ0n) is 12.9. The molecule has 1 heterocycles. The predicted molar refractivity (Wildman–Crippen MR) is 90.1 cm³/mol. The summed E-state index contributed by atoms with van der Waals surface area (Å²) in [6.07, 6.45) is 1.14. The van der Waals surface area contributed by atoms with E-state index in [0.717, 1.165) is 16.5 Å². The topological polar surface area (TPSA) is 51.2 Å². The fourth-order valence-corrected chi connectivity index (χ4v) is 2.32. The average molecular weight is 306 g/mol. The molecule has 0 unspecified atom stereocenters. The molecule has 0 fully saturated rings. The van der Waals surface area contributed by atoms with Crippen LogP contribution < -0.4 is 10.1 Å². The molecule has 4 heteroatoms. The summed E-state index contributed by atoms with van der Waals surface area (Å²) in [5, 5.41) is 5.06. The number of hydrogen-bond acceptors (Lipinski definition) is 3. The second kappa shape index (κ2) is 6.92. The Morgan fingerprint density at radius 1 is 1.09 bits per heavy atom. The molecule has 3 aromatic rings. The van der Waals surface area contributed by atoms with Crippen LogP contribution in [0, 0.1) is 0 Å². The summed E-state index contributed by atoms with van der Waals surface area (Å²) in [7, 11) is 0. The summed E-state index contributed by atoms with van der Waals surface area (Å²) in [4.78, 5) is 16.3. The van der Waals surface area contributed by atoms with Gasteiger partial charge >= 0.3 is 0 Å². The van der Waals surface area contributed by atoms with E-state index in [0.29, 0.717) is 12.3 Å². The maximum atomic E-state index is 12.1. The lowest BCUT2D eigenvalue weighted by molar-refractivity contribution is -0.127. The summed E-state index contributed by atoms with van der Waals surface area (Å²) < 4.78 is 5.74. The van der Waals surface area contributed by atoms with Gasteiger partial charge in [-0.3, -0.25) is 9.78 Å². The van der Waals surface area contributed by atoms with Gasteiger partial charge in [0, 0.05) is 6.20 Å². The maximum Gasteiger partial charge on any atom is 0.261 e. The molecule has 0 aliphatic heterocycles. The molecule has 23 heavy (non-hydrogen) atoms. The molecule has 0 saturated carbocycles. The van der Waals surface area contributed by atoms with E-state index in [-0.39, 0.29) is 5.91 Å². The third-order valence-electron chi connectivity index (χ3n) is 3.57. The van der Waals surface area contributed by atoms with E-state index in [1.54, 1.807) is 13.1 Å².